The van der Waals surface area contributed by atoms with Crippen LogP contribution in [0.4, 0.5) is 0 Å². The summed E-state index contributed by atoms with van der Waals surface area (Å²) in [7, 11) is 2.18. The highest BCUT2D eigenvalue weighted by Crippen LogP contribution is 2.21. The number of carbonyl (C=O) groups is 1. The van der Waals surface area contributed by atoms with Crippen LogP contribution in [0.2, 0.25) is 0 Å². The van der Waals surface area contributed by atoms with Crippen LogP contribution in [0.1, 0.15) is 38.5 Å². The molecular weight excluding hydrogens is 226 g/mol. The van der Waals surface area contributed by atoms with Crippen molar-refractivity contribution in [2.75, 3.05) is 33.2 Å². The summed E-state index contributed by atoms with van der Waals surface area (Å²) in [4.78, 5) is 16.5. The monoisotopic (exact) mass is 253 g/mol. The molecular formula is C14H27N3O. The van der Waals surface area contributed by atoms with Crippen LogP contribution in [0, 0.1) is 5.92 Å². The second kappa shape index (κ2) is 6.53. The van der Waals surface area contributed by atoms with Crippen LogP contribution in [-0.4, -0.2) is 55.0 Å². The topological polar surface area (TPSA) is 49.6 Å². The summed E-state index contributed by atoms with van der Waals surface area (Å²) < 4.78 is 0. The Kier molecular flexibility index (Phi) is 5.01. The van der Waals surface area contributed by atoms with E-state index in [1.165, 1.54) is 19.4 Å². The highest BCUT2D eigenvalue weighted by molar-refractivity contribution is 5.76. The van der Waals surface area contributed by atoms with E-state index in [9.17, 15) is 4.79 Å². The second-order valence-corrected chi connectivity index (χ2v) is 6.05. The van der Waals surface area contributed by atoms with E-state index in [1.54, 1.807) is 0 Å². The first-order valence-electron chi connectivity index (χ1n) is 7.37. The Morgan fingerprint density at radius 3 is 2.72 bits per heavy atom. The maximum atomic E-state index is 12.1. The molecule has 2 N–H and O–H groups in total. The maximum Gasteiger partial charge on any atom is 0.222 e. The zero-order valence-corrected chi connectivity index (χ0v) is 11.6. The molecule has 2 fully saturated rings. The van der Waals surface area contributed by atoms with Crippen molar-refractivity contribution in [3.05, 3.63) is 0 Å². The van der Waals surface area contributed by atoms with E-state index in [0.717, 1.165) is 38.9 Å². The predicted octanol–water partition coefficient (Wildman–Crippen LogP) is 1.06. The minimum Gasteiger partial charge on any atom is -0.341 e. The van der Waals surface area contributed by atoms with Crippen molar-refractivity contribution in [1.29, 1.82) is 0 Å². The van der Waals surface area contributed by atoms with Gasteiger partial charge in [0.25, 0.3) is 0 Å². The Bertz CT molecular complexity index is 282. The fourth-order valence-corrected chi connectivity index (χ4v) is 3.23. The third kappa shape index (κ3) is 3.95. The average molecular weight is 253 g/mol. The Balaban J connectivity index is 1.70. The standard InChI is InChI=1S/C14H27N3O/c1-16-8-2-4-12(10-16)6-7-14(18)17-9-3-5-13(15)11-17/h12-13H,2-11,15H2,1H3. The third-order valence-electron chi connectivity index (χ3n) is 4.30. The molecule has 2 unspecified atom stereocenters. The molecule has 2 saturated heterocycles. The predicted molar refractivity (Wildman–Crippen MR) is 73.2 cm³/mol. The molecule has 4 heteroatoms. The van der Waals surface area contributed by atoms with Crippen molar-refractivity contribution in [2.45, 2.75) is 44.6 Å². The highest BCUT2D eigenvalue weighted by Gasteiger charge is 2.23. The first-order valence-corrected chi connectivity index (χ1v) is 7.37. The van der Waals surface area contributed by atoms with Gasteiger partial charge < -0.3 is 15.5 Å². The Hall–Kier alpha value is -0.610. The van der Waals surface area contributed by atoms with Crippen molar-refractivity contribution >= 4 is 5.91 Å². The van der Waals surface area contributed by atoms with Crippen LogP contribution in [0.25, 0.3) is 0 Å². The van der Waals surface area contributed by atoms with Crippen LogP contribution in [-0.2, 0) is 4.79 Å². The molecule has 2 aliphatic rings. The molecule has 2 rings (SSSR count). The van der Waals surface area contributed by atoms with Gasteiger partial charge in [-0.3, -0.25) is 4.79 Å². The number of amides is 1. The maximum absolute atomic E-state index is 12.1. The summed E-state index contributed by atoms with van der Waals surface area (Å²) in [6, 6.07) is 0.198. The van der Waals surface area contributed by atoms with Crippen LogP contribution in [0.15, 0.2) is 0 Å². The molecule has 0 aromatic heterocycles. The van der Waals surface area contributed by atoms with Gasteiger partial charge in [0.1, 0.15) is 0 Å². The fourth-order valence-electron chi connectivity index (χ4n) is 3.23. The number of piperidine rings is 2. The van der Waals surface area contributed by atoms with Crippen molar-refractivity contribution < 1.29 is 4.79 Å². The van der Waals surface area contributed by atoms with Gasteiger partial charge in [-0.2, -0.15) is 0 Å². The molecule has 4 nitrogen and oxygen atoms in total. The van der Waals surface area contributed by atoms with Crippen LogP contribution in [0.5, 0.6) is 0 Å². The lowest BCUT2D eigenvalue weighted by Crippen LogP contribution is -2.45. The number of rotatable bonds is 3. The third-order valence-corrected chi connectivity index (χ3v) is 4.30. The van der Waals surface area contributed by atoms with Gasteiger partial charge in [-0.05, 0) is 51.6 Å². The molecule has 2 atom stereocenters. The van der Waals surface area contributed by atoms with E-state index in [0.29, 0.717) is 18.2 Å². The molecule has 0 aromatic rings. The first-order chi connectivity index (χ1) is 8.65. The molecule has 0 aromatic carbocycles. The van der Waals surface area contributed by atoms with Gasteiger partial charge >= 0.3 is 0 Å². The molecule has 0 aliphatic carbocycles. The summed E-state index contributed by atoms with van der Waals surface area (Å²) in [6.07, 6.45) is 6.47. The summed E-state index contributed by atoms with van der Waals surface area (Å²) in [5.74, 6) is 1.03. The molecule has 1 amide bonds. The van der Waals surface area contributed by atoms with Gasteiger partial charge in [0.2, 0.25) is 5.91 Å². The molecule has 0 spiro atoms. The first kappa shape index (κ1) is 13.8. The molecule has 2 aliphatic heterocycles. The largest absolute Gasteiger partial charge is 0.341 e. The highest BCUT2D eigenvalue weighted by atomic mass is 16.2. The molecule has 0 bridgehead atoms. The fraction of sp³-hybridized carbons (Fsp3) is 0.929. The average Bonchev–Trinajstić information content (AvgIpc) is 2.36. The number of hydrogen-bond acceptors (Lipinski definition) is 3. The number of likely N-dealkylation sites (tertiary alicyclic amines) is 2. The van der Waals surface area contributed by atoms with E-state index in [-0.39, 0.29) is 6.04 Å². The summed E-state index contributed by atoms with van der Waals surface area (Å²) in [5, 5.41) is 0. The van der Waals surface area contributed by atoms with Crippen LogP contribution in [0.3, 0.4) is 0 Å². The second-order valence-electron chi connectivity index (χ2n) is 6.05. The van der Waals surface area contributed by atoms with Crippen molar-refractivity contribution in [3.63, 3.8) is 0 Å². The zero-order chi connectivity index (χ0) is 13.0. The van der Waals surface area contributed by atoms with E-state index >= 15 is 0 Å². The lowest BCUT2D eigenvalue weighted by Gasteiger charge is -2.32. The van der Waals surface area contributed by atoms with Crippen LogP contribution >= 0.6 is 0 Å². The summed E-state index contributed by atoms with van der Waals surface area (Å²) in [6.45, 7) is 4.05. The van der Waals surface area contributed by atoms with Gasteiger partial charge in [0, 0.05) is 32.1 Å². The number of hydrogen-bond donors (Lipinski definition) is 1. The Morgan fingerprint density at radius 2 is 2.00 bits per heavy atom. The zero-order valence-electron chi connectivity index (χ0n) is 11.6. The minimum absolute atomic E-state index is 0.198. The lowest BCUT2D eigenvalue weighted by atomic mass is 9.93. The van der Waals surface area contributed by atoms with E-state index in [4.69, 9.17) is 5.73 Å². The van der Waals surface area contributed by atoms with Crippen molar-refractivity contribution in [3.8, 4) is 0 Å². The molecule has 2 heterocycles. The van der Waals surface area contributed by atoms with Crippen LogP contribution < -0.4 is 5.73 Å². The molecule has 18 heavy (non-hydrogen) atoms. The van der Waals surface area contributed by atoms with E-state index in [2.05, 4.69) is 11.9 Å². The summed E-state index contributed by atoms with van der Waals surface area (Å²) >= 11 is 0. The van der Waals surface area contributed by atoms with E-state index < -0.39 is 0 Å². The number of carbonyl (C=O) groups excluding carboxylic acids is 1. The number of nitrogens with two attached hydrogens (primary N) is 1. The quantitative estimate of drug-likeness (QED) is 0.818. The number of nitrogens with zero attached hydrogens (tertiary/aromatic N) is 2. The van der Waals surface area contributed by atoms with Gasteiger partial charge in [0.05, 0.1) is 0 Å². The smallest absolute Gasteiger partial charge is 0.222 e. The lowest BCUT2D eigenvalue weighted by molar-refractivity contribution is -0.132. The molecule has 0 saturated carbocycles. The van der Waals surface area contributed by atoms with Gasteiger partial charge in [-0.25, -0.2) is 0 Å². The van der Waals surface area contributed by atoms with Gasteiger partial charge in [0.15, 0.2) is 0 Å². The molecule has 104 valence electrons. The minimum atomic E-state index is 0.198. The molecule has 0 radical (unpaired) electrons. The Morgan fingerprint density at radius 1 is 1.22 bits per heavy atom. The normalized spacial score (nSPS) is 30.4. The SMILES string of the molecule is CN1CCCC(CCC(=O)N2CCCC(N)C2)C1. The van der Waals surface area contributed by atoms with Gasteiger partial charge in [-0.15, -0.1) is 0 Å². The van der Waals surface area contributed by atoms with Crippen molar-refractivity contribution in [2.24, 2.45) is 11.7 Å². The Labute approximate surface area is 110 Å². The van der Waals surface area contributed by atoms with Gasteiger partial charge in [-0.1, -0.05) is 0 Å². The van der Waals surface area contributed by atoms with Crippen molar-refractivity contribution in [1.82, 2.24) is 9.80 Å². The summed E-state index contributed by atoms with van der Waals surface area (Å²) in [5.41, 5.74) is 5.92. The van der Waals surface area contributed by atoms with E-state index in [1.807, 2.05) is 4.90 Å².